The zero-order valence-electron chi connectivity index (χ0n) is 12.2. The van der Waals surface area contributed by atoms with E-state index in [1.807, 2.05) is 6.07 Å². The summed E-state index contributed by atoms with van der Waals surface area (Å²) >= 11 is 0. The highest BCUT2D eigenvalue weighted by molar-refractivity contribution is 7.91. The van der Waals surface area contributed by atoms with Gasteiger partial charge < -0.3 is 9.88 Å². The zero-order valence-corrected chi connectivity index (χ0v) is 13.1. The van der Waals surface area contributed by atoms with E-state index in [0.717, 1.165) is 10.9 Å². The van der Waals surface area contributed by atoms with E-state index < -0.39 is 9.84 Å². The van der Waals surface area contributed by atoms with Crippen molar-refractivity contribution in [2.24, 2.45) is 0 Å². The maximum Gasteiger partial charge on any atom is 0.323 e. The van der Waals surface area contributed by atoms with Gasteiger partial charge in [0.2, 0.25) is 0 Å². The number of rotatable bonds is 1. The molecule has 1 unspecified atom stereocenters. The van der Waals surface area contributed by atoms with Crippen molar-refractivity contribution in [3.05, 3.63) is 24.5 Å². The molecule has 0 aliphatic carbocycles. The summed E-state index contributed by atoms with van der Waals surface area (Å²) in [6, 6.07) is 3.02. The lowest BCUT2D eigenvalue weighted by molar-refractivity contribution is 0.199. The SMILES string of the molecule is CC1CS(=O)(=O)CCCN1C(=O)Nc1cc2cc[nH]c2cn1. The van der Waals surface area contributed by atoms with Gasteiger partial charge in [-0.25, -0.2) is 18.2 Å². The average molecular weight is 322 g/mol. The van der Waals surface area contributed by atoms with Crippen molar-refractivity contribution in [1.82, 2.24) is 14.9 Å². The second kappa shape index (κ2) is 5.60. The second-order valence-corrected chi connectivity index (χ2v) is 7.80. The Morgan fingerprint density at radius 3 is 3.14 bits per heavy atom. The van der Waals surface area contributed by atoms with Crippen LogP contribution in [0.25, 0.3) is 10.9 Å². The molecule has 2 N–H and O–H groups in total. The molecule has 1 fully saturated rings. The first-order chi connectivity index (χ1) is 10.4. The summed E-state index contributed by atoms with van der Waals surface area (Å²) in [5, 5.41) is 3.70. The Morgan fingerprint density at radius 1 is 1.50 bits per heavy atom. The maximum absolute atomic E-state index is 12.4. The molecule has 0 spiro atoms. The fourth-order valence-corrected chi connectivity index (χ4v) is 4.37. The number of carbonyl (C=O) groups excluding carboxylic acids is 1. The molecule has 0 radical (unpaired) electrons. The number of aromatic amines is 1. The number of amides is 2. The van der Waals surface area contributed by atoms with Gasteiger partial charge >= 0.3 is 6.03 Å². The number of anilines is 1. The zero-order chi connectivity index (χ0) is 15.7. The molecule has 22 heavy (non-hydrogen) atoms. The summed E-state index contributed by atoms with van der Waals surface area (Å²) in [5.74, 6) is 0.593. The van der Waals surface area contributed by atoms with Crippen LogP contribution in [0.1, 0.15) is 13.3 Å². The molecule has 2 aromatic heterocycles. The number of hydrogen-bond acceptors (Lipinski definition) is 4. The van der Waals surface area contributed by atoms with Crippen molar-refractivity contribution in [1.29, 1.82) is 0 Å². The third-order valence-corrected chi connectivity index (χ3v) is 5.72. The molecule has 3 rings (SSSR count). The molecule has 1 aliphatic rings. The third-order valence-electron chi connectivity index (χ3n) is 3.82. The summed E-state index contributed by atoms with van der Waals surface area (Å²) in [5.41, 5.74) is 0.896. The molecule has 0 aromatic carbocycles. The number of hydrogen-bond donors (Lipinski definition) is 2. The molecule has 2 amide bonds. The van der Waals surface area contributed by atoms with Crippen molar-refractivity contribution in [2.45, 2.75) is 19.4 Å². The van der Waals surface area contributed by atoms with Crippen molar-refractivity contribution >= 4 is 32.6 Å². The van der Waals surface area contributed by atoms with E-state index in [0.29, 0.717) is 18.8 Å². The highest BCUT2D eigenvalue weighted by atomic mass is 32.2. The second-order valence-electron chi connectivity index (χ2n) is 5.57. The largest absolute Gasteiger partial charge is 0.360 e. The molecule has 0 saturated carbocycles. The number of aromatic nitrogens is 2. The van der Waals surface area contributed by atoms with E-state index in [9.17, 15) is 13.2 Å². The summed E-state index contributed by atoms with van der Waals surface area (Å²) in [6.45, 7) is 2.18. The topological polar surface area (TPSA) is 95.2 Å². The smallest absolute Gasteiger partial charge is 0.323 e. The monoisotopic (exact) mass is 322 g/mol. The molecule has 7 nitrogen and oxygen atoms in total. The van der Waals surface area contributed by atoms with Gasteiger partial charge in [0, 0.05) is 24.2 Å². The van der Waals surface area contributed by atoms with Gasteiger partial charge in [-0.05, 0) is 25.5 Å². The minimum absolute atomic E-state index is 0.00466. The van der Waals surface area contributed by atoms with Gasteiger partial charge in [-0.15, -0.1) is 0 Å². The quantitative estimate of drug-likeness (QED) is 0.833. The van der Waals surface area contributed by atoms with Crippen LogP contribution in [0, 0.1) is 0 Å². The van der Waals surface area contributed by atoms with E-state index in [1.165, 1.54) is 0 Å². The fraction of sp³-hybridized carbons (Fsp3) is 0.429. The minimum atomic E-state index is -3.07. The number of nitrogens with zero attached hydrogens (tertiary/aromatic N) is 2. The number of sulfone groups is 1. The van der Waals surface area contributed by atoms with Gasteiger partial charge in [0.15, 0.2) is 9.84 Å². The van der Waals surface area contributed by atoms with Gasteiger partial charge in [0.1, 0.15) is 5.82 Å². The van der Waals surface area contributed by atoms with Crippen LogP contribution in [0.5, 0.6) is 0 Å². The van der Waals surface area contributed by atoms with Gasteiger partial charge in [0.25, 0.3) is 0 Å². The summed E-state index contributed by atoms with van der Waals surface area (Å²) in [7, 11) is -3.07. The van der Waals surface area contributed by atoms with Crippen molar-refractivity contribution in [2.75, 3.05) is 23.4 Å². The molecule has 1 atom stereocenters. The lowest BCUT2D eigenvalue weighted by atomic mass is 10.3. The molecule has 1 saturated heterocycles. The number of fused-ring (bicyclic) bond motifs is 1. The van der Waals surface area contributed by atoms with Gasteiger partial charge in [-0.2, -0.15) is 0 Å². The number of pyridine rings is 1. The van der Waals surface area contributed by atoms with E-state index in [4.69, 9.17) is 0 Å². The van der Waals surface area contributed by atoms with Crippen LogP contribution in [-0.4, -0.2) is 53.4 Å². The Morgan fingerprint density at radius 2 is 2.32 bits per heavy atom. The molecule has 8 heteroatoms. The van der Waals surface area contributed by atoms with Crippen LogP contribution in [0.2, 0.25) is 0 Å². The van der Waals surface area contributed by atoms with Crippen LogP contribution in [0.3, 0.4) is 0 Å². The molecule has 118 valence electrons. The first-order valence-electron chi connectivity index (χ1n) is 7.16. The Labute approximate surface area is 128 Å². The normalized spacial score (nSPS) is 21.5. The Balaban J connectivity index is 1.75. The molecular formula is C14H18N4O3S. The lowest BCUT2D eigenvalue weighted by Crippen LogP contribution is -2.43. The average Bonchev–Trinajstić information content (AvgIpc) is 2.84. The fourth-order valence-electron chi connectivity index (χ4n) is 2.72. The number of urea groups is 1. The number of H-pyrrole nitrogens is 1. The van der Waals surface area contributed by atoms with Crippen LogP contribution in [0.4, 0.5) is 10.6 Å². The Bertz CT molecular complexity index is 799. The molecule has 2 aromatic rings. The number of carbonyl (C=O) groups is 1. The lowest BCUT2D eigenvalue weighted by Gasteiger charge is -2.26. The number of nitrogens with one attached hydrogen (secondary N) is 2. The predicted octanol–water partition coefficient (Wildman–Crippen LogP) is 1.60. The van der Waals surface area contributed by atoms with Crippen LogP contribution < -0.4 is 5.32 Å². The van der Waals surface area contributed by atoms with Crippen LogP contribution in [-0.2, 0) is 9.84 Å². The Hall–Kier alpha value is -2.09. The van der Waals surface area contributed by atoms with Crippen molar-refractivity contribution in [3.8, 4) is 0 Å². The highest BCUT2D eigenvalue weighted by Crippen LogP contribution is 2.17. The summed E-state index contributed by atoms with van der Waals surface area (Å²) in [6.07, 6.45) is 3.92. The summed E-state index contributed by atoms with van der Waals surface area (Å²) in [4.78, 5) is 21.2. The minimum Gasteiger partial charge on any atom is -0.360 e. The third kappa shape index (κ3) is 3.06. The highest BCUT2D eigenvalue weighted by Gasteiger charge is 2.28. The van der Waals surface area contributed by atoms with E-state index >= 15 is 0 Å². The first kappa shape index (κ1) is 14.8. The van der Waals surface area contributed by atoms with Gasteiger partial charge in [-0.3, -0.25) is 5.32 Å². The molecule has 1 aliphatic heterocycles. The predicted molar refractivity (Wildman–Crippen MR) is 84.6 cm³/mol. The molecule has 0 bridgehead atoms. The van der Waals surface area contributed by atoms with Crippen molar-refractivity contribution in [3.63, 3.8) is 0 Å². The standard InChI is InChI=1S/C14H18N4O3S/c1-10-9-22(20,21)6-2-5-18(10)14(19)17-13-7-11-3-4-15-12(11)8-16-13/h3-4,7-8,10,15H,2,5-6,9H2,1H3,(H,16,17,19). The van der Waals surface area contributed by atoms with Crippen LogP contribution >= 0.6 is 0 Å². The summed E-state index contributed by atoms with van der Waals surface area (Å²) < 4.78 is 23.5. The van der Waals surface area contributed by atoms with E-state index in [1.54, 1.807) is 30.3 Å². The van der Waals surface area contributed by atoms with Crippen LogP contribution in [0.15, 0.2) is 24.5 Å². The van der Waals surface area contributed by atoms with Gasteiger partial charge in [0.05, 0.1) is 23.2 Å². The maximum atomic E-state index is 12.4. The van der Waals surface area contributed by atoms with E-state index in [-0.39, 0.29) is 23.6 Å². The molecule has 3 heterocycles. The first-order valence-corrected chi connectivity index (χ1v) is 8.98. The molecular weight excluding hydrogens is 304 g/mol. The Kier molecular flexibility index (Phi) is 3.78. The van der Waals surface area contributed by atoms with E-state index in [2.05, 4.69) is 15.3 Å². The van der Waals surface area contributed by atoms with Gasteiger partial charge in [-0.1, -0.05) is 0 Å². The van der Waals surface area contributed by atoms with Crippen molar-refractivity contribution < 1.29 is 13.2 Å².